The first-order chi connectivity index (χ1) is 10.2. The van der Waals surface area contributed by atoms with Crippen molar-refractivity contribution in [2.75, 3.05) is 0 Å². The van der Waals surface area contributed by atoms with Crippen LogP contribution in [-0.2, 0) is 4.79 Å². The molecule has 1 aliphatic carbocycles. The fourth-order valence-electron chi connectivity index (χ4n) is 3.18. The van der Waals surface area contributed by atoms with Gasteiger partial charge in [0.1, 0.15) is 0 Å². The second-order valence-electron chi connectivity index (χ2n) is 5.90. The summed E-state index contributed by atoms with van der Waals surface area (Å²) in [5.74, 6) is 0.183. The number of benzene rings is 1. The molecule has 1 aromatic carbocycles. The van der Waals surface area contributed by atoms with E-state index in [0.29, 0.717) is 12.5 Å². The summed E-state index contributed by atoms with van der Waals surface area (Å²) in [6.07, 6.45) is 6.47. The van der Waals surface area contributed by atoms with E-state index >= 15 is 0 Å². The average Bonchev–Trinajstić information content (AvgIpc) is 3.13. The molecule has 0 spiro atoms. The van der Waals surface area contributed by atoms with Crippen molar-refractivity contribution in [3.05, 3.63) is 48.3 Å². The van der Waals surface area contributed by atoms with E-state index in [1.807, 2.05) is 52.3 Å². The van der Waals surface area contributed by atoms with Crippen LogP contribution in [0.5, 0.6) is 0 Å². The molecule has 2 unspecified atom stereocenters. The Bertz CT molecular complexity index is 662. The maximum atomic E-state index is 12.1. The van der Waals surface area contributed by atoms with Crippen molar-refractivity contribution in [1.82, 2.24) is 14.7 Å². The number of hydrogen-bond donors (Lipinski definition) is 1. The Morgan fingerprint density at radius 2 is 1.95 bits per heavy atom. The minimum atomic E-state index is -0.133. The van der Waals surface area contributed by atoms with Gasteiger partial charge in [-0.2, -0.15) is 5.10 Å². The van der Waals surface area contributed by atoms with Crippen molar-refractivity contribution in [2.24, 2.45) is 5.73 Å². The molecule has 2 aromatic rings. The van der Waals surface area contributed by atoms with Gasteiger partial charge in [-0.15, -0.1) is 0 Å². The number of nitrogens with two attached hydrogens (primary N) is 1. The molecular weight excluding hydrogens is 264 g/mol. The van der Waals surface area contributed by atoms with Crippen LogP contribution >= 0.6 is 0 Å². The van der Waals surface area contributed by atoms with Gasteiger partial charge in [0.05, 0.1) is 17.9 Å². The molecule has 2 heterocycles. The standard InChI is InChI=1S/C16H18N4O/c17-14-8-15(21)20(13-6-7-13)16(14)11-9-18-19(10-11)12-4-2-1-3-5-12/h1-5,9-10,13-14,16H,6-8,17H2. The van der Waals surface area contributed by atoms with Gasteiger partial charge in [-0.3, -0.25) is 4.79 Å². The Balaban J connectivity index is 1.67. The highest BCUT2D eigenvalue weighted by Gasteiger charge is 2.46. The molecule has 1 saturated heterocycles. The molecule has 2 fully saturated rings. The quantitative estimate of drug-likeness (QED) is 0.930. The first-order valence-electron chi connectivity index (χ1n) is 7.41. The zero-order chi connectivity index (χ0) is 14.4. The summed E-state index contributed by atoms with van der Waals surface area (Å²) < 4.78 is 1.84. The van der Waals surface area contributed by atoms with E-state index < -0.39 is 0 Å². The lowest BCUT2D eigenvalue weighted by Crippen LogP contribution is -2.34. The zero-order valence-corrected chi connectivity index (χ0v) is 11.7. The molecule has 1 saturated carbocycles. The first-order valence-corrected chi connectivity index (χ1v) is 7.41. The van der Waals surface area contributed by atoms with Crippen molar-refractivity contribution in [1.29, 1.82) is 0 Å². The van der Waals surface area contributed by atoms with E-state index in [1.54, 1.807) is 0 Å². The van der Waals surface area contributed by atoms with Crippen LogP contribution in [0.1, 0.15) is 30.9 Å². The van der Waals surface area contributed by atoms with Gasteiger partial charge < -0.3 is 10.6 Å². The van der Waals surface area contributed by atoms with Crippen LogP contribution in [0.2, 0.25) is 0 Å². The largest absolute Gasteiger partial charge is 0.331 e. The molecule has 5 heteroatoms. The molecule has 1 aromatic heterocycles. The van der Waals surface area contributed by atoms with Crippen LogP contribution < -0.4 is 5.73 Å². The Hall–Kier alpha value is -2.14. The van der Waals surface area contributed by atoms with Gasteiger partial charge in [0.25, 0.3) is 0 Å². The highest BCUT2D eigenvalue weighted by Crippen LogP contribution is 2.41. The van der Waals surface area contributed by atoms with Crippen molar-refractivity contribution in [2.45, 2.75) is 37.4 Å². The molecule has 4 rings (SSSR count). The van der Waals surface area contributed by atoms with Gasteiger partial charge >= 0.3 is 0 Å². The molecule has 2 N–H and O–H groups in total. The third-order valence-corrected chi connectivity index (χ3v) is 4.31. The number of amides is 1. The maximum Gasteiger partial charge on any atom is 0.225 e. The van der Waals surface area contributed by atoms with E-state index in [0.717, 1.165) is 24.1 Å². The summed E-state index contributed by atoms with van der Waals surface area (Å²) in [5.41, 5.74) is 8.25. The van der Waals surface area contributed by atoms with Gasteiger partial charge in [0.2, 0.25) is 5.91 Å². The summed E-state index contributed by atoms with van der Waals surface area (Å²) in [5, 5.41) is 4.43. The molecule has 1 amide bonds. The number of aromatic nitrogens is 2. The summed E-state index contributed by atoms with van der Waals surface area (Å²) >= 11 is 0. The molecular formula is C16H18N4O. The van der Waals surface area contributed by atoms with Gasteiger partial charge in [-0.1, -0.05) is 18.2 Å². The number of likely N-dealkylation sites (tertiary alicyclic amines) is 1. The second kappa shape index (κ2) is 4.70. The van der Waals surface area contributed by atoms with Crippen molar-refractivity contribution < 1.29 is 4.79 Å². The number of rotatable bonds is 3. The van der Waals surface area contributed by atoms with Gasteiger partial charge in [-0.05, 0) is 25.0 Å². The number of nitrogens with zero attached hydrogens (tertiary/aromatic N) is 3. The first kappa shape index (κ1) is 12.6. The summed E-state index contributed by atoms with van der Waals surface area (Å²) in [6, 6.07) is 10.2. The topological polar surface area (TPSA) is 64.2 Å². The summed E-state index contributed by atoms with van der Waals surface area (Å²) in [4.78, 5) is 14.1. The summed E-state index contributed by atoms with van der Waals surface area (Å²) in [7, 11) is 0. The Labute approximate surface area is 123 Å². The smallest absolute Gasteiger partial charge is 0.225 e. The van der Waals surface area contributed by atoms with Crippen LogP contribution in [0.25, 0.3) is 5.69 Å². The van der Waals surface area contributed by atoms with E-state index in [9.17, 15) is 4.79 Å². The molecule has 21 heavy (non-hydrogen) atoms. The predicted molar refractivity (Wildman–Crippen MR) is 78.8 cm³/mol. The third kappa shape index (κ3) is 2.14. The van der Waals surface area contributed by atoms with E-state index in [2.05, 4.69) is 5.10 Å². The van der Waals surface area contributed by atoms with Crippen LogP contribution in [0, 0.1) is 0 Å². The normalized spacial score (nSPS) is 25.6. The van der Waals surface area contributed by atoms with Crippen LogP contribution in [-0.4, -0.2) is 32.7 Å². The zero-order valence-electron chi connectivity index (χ0n) is 11.7. The van der Waals surface area contributed by atoms with Crippen LogP contribution in [0.15, 0.2) is 42.7 Å². The fourth-order valence-corrected chi connectivity index (χ4v) is 3.18. The molecule has 1 aliphatic heterocycles. The Morgan fingerprint density at radius 1 is 1.19 bits per heavy atom. The van der Waals surface area contributed by atoms with E-state index in [4.69, 9.17) is 5.73 Å². The predicted octanol–water partition coefficient (Wildman–Crippen LogP) is 1.64. The molecule has 2 atom stereocenters. The highest BCUT2D eigenvalue weighted by molar-refractivity contribution is 5.81. The lowest BCUT2D eigenvalue weighted by atomic mass is 10.0. The number of carbonyl (C=O) groups is 1. The van der Waals surface area contributed by atoms with Crippen molar-refractivity contribution in [3.8, 4) is 5.69 Å². The minimum Gasteiger partial charge on any atom is -0.331 e. The third-order valence-electron chi connectivity index (χ3n) is 4.31. The summed E-state index contributed by atoms with van der Waals surface area (Å²) in [6.45, 7) is 0. The second-order valence-corrected chi connectivity index (χ2v) is 5.90. The number of hydrogen-bond acceptors (Lipinski definition) is 3. The monoisotopic (exact) mass is 282 g/mol. The fraction of sp³-hybridized carbons (Fsp3) is 0.375. The molecule has 0 bridgehead atoms. The lowest BCUT2D eigenvalue weighted by Gasteiger charge is -2.25. The Kier molecular flexibility index (Phi) is 2.82. The van der Waals surface area contributed by atoms with Gasteiger partial charge in [0.15, 0.2) is 0 Å². The Morgan fingerprint density at radius 3 is 2.67 bits per heavy atom. The van der Waals surface area contributed by atoms with Crippen LogP contribution in [0.4, 0.5) is 0 Å². The molecule has 108 valence electrons. The SMILES string of the molecule is NC1CC(=O)N(C2CC2)C1c1cnn(-c2ccccc2)c1. The van der Waals surface area contributed by atoms with Crippen molar-refractivity contribution >= 4 is 5.91 Å². The average molecular weight is 282 g/mol. The van der Waals surface area contributed by atoms with Crippen molar-refractivity contribution in [3.63, 3.8) is 0 Å². The minimum absolute atomic E-state index is 0.0255. The van der Waals surface area contributed by atoms with Gasteiger partial charge in [0, 0.05) is 30.3 Å². The molecule has 5 nitrogen and oxygen atoms in total. The number of para-hydroxylation sites is 1. The maximum absolute atomic E-state index is 12.1. The number of carbonyl (C=O) groups excluding carboxylic acids is 1. The van der Waals surface area contributed by atoms with E-state index in [1.165, 1.54) is 0 Å². The molecule has 0 radical (unpaired) electrons. The van der Waals surface area contributed by atoms with Gasteiger partial charge in [-0.25, -0.2) is 4.68 Å². The highest BCUT2D eigenvalue weighted by atomic mass is 16.2. The molecule has 2 aliphatic rings. The van der Waals surface area contributed by atoms with E-state index in [-0.39, 0.29) is 18.0 Å². The van der Waals surface area contributed by atoms with Crippen LogP contribution in [0.3, 0.4) is 0 Å². The lowest BCUT2D eigenvalue weighted by molar-refractivity contribution is -0.129.